The fourth-order valence-corrected chi connectivity index (χ4v) is 2.89. The lowest BCUT2D eigenvalue weighted by atomic mass is 10.0. The van der Waals surface area contributed by atoms with Gasteiger partial charge in [-0.3, -0.25) is 4.98 Å². The molecule has 4 heteroatoms. The second-order valence-corrected chi connectivity index (χ2v) is 6.16. The van der Waals surface area contributed by atoms with E-state index in [9.17, 15) is 4.79 Å². The third-order valence-corrected chi connectivity index (χ3v) is 4.15. The van der Waals surface area contributed by atoms with Crippen LogP contribution in [0.3, 0.4) is 0 Å². The molecule has 0 saturated carbocycles. The first kappa shape index (κ1) is 16.5. The first-order valence-corrected chi connectivity index (χ1v) is 8.20. The van der Waals surface area contributed by atoms with Crippen LogP contribution in [-0.4, -0.2) is 46.5 Å². The Kier molecular flexibility index (Phi) is 5.58. The van der Waals surface area contributed by atoms with Crippen LogP contribution in [0.5, 0.6) is 0 Å². The summed E-state index contributed by atoms with van der Waals surface area (Å²) in [6.45, 7) is 10.6. The number of aryl methyl sites for hydroxylation is 1. The summed E-state index contributed by atoms with van der Waals surface area (Å²) in [5.74, 6) is 0. The molecule has 1 aliphatic heterocycles. The van der Waals surface area contributed by atoms with Crippen LogP contribution in [0.4, 0.5) is 4.79 Å². The molecule has 1 fully saturated rings. The van der Waals surface area contributed by atoms with Crippen molar-refractivity contribution in [3.05, 3.63) is 35.2 Å². The van der Waals surface area contributed by atoms with Gasteiger partial charge in [0.25, 0.3) is 0 Å². The first-order valence-electron chi connectivity index (χ1n) is 8.20. The van der Waals surface area contributed by atoms with Crippen molar-refractivity contribution >= 4 is 12.1 Å². The van der Waals surface area contributed by atoms with Gasteiger partial charge in [0.05, 0.1) is 5.69 Å². The Hall–Kier alpha value is -1.84. The molecule has 0 spiro atoms. The molecule has 0 aliphatic carbocycles. The molecule has 0 atom stereocenters. The lowest BCUT2D eigenvalue weighted by molar-refractivity contribution is 0.139. The highest BCUT2D eigenvalue weighted by molar-refractivity contribution is 5.75. The Morgan fingerprint density at radius 1 is 1.36 bits per heavy atom. The lowest BCUT2D eigenvalue weighted by Crippen LogP contribution is -2.48. The first-order chi connectivity index (χ1) is 10.5. The summed E-state index contributed by atoms with van der Waals surface area (Å²) in [6.07, 6.45) is 4.06. The van der Waals surface area contributed by atoms with Crippen molar-refractivity contribution in [2.24, 2.45) is 0 Å². The van der Waals surface area contributed by atoms with Gasteiger partial charge in [0, 0.05) is 31.4 Å². The molecule has 2 amide bonds. The molecule has 1 aromatic heterocycles. The van der Waals surface area contributed by atoms with E-state index in [2.05, 4.69) is 24.9 Å². The van der Waals surface area contributed by atoms with Crippen molar-refractivity contribution < 1.29 is 4.79 Å². The van der Waals surface area contributed by atoms with E-state index in [0.717, 1.165) is 43.9 Å². The van der Waals surface area contributed by atoms with E-state index in [0.29, 0.717) is 0 Å². The summed E-state index contributed by atoms with van der Waals surface area (Å²) in [5.41, 5.74) is 3.44. The molecule has 2 heterocycles. The van der Waals surface area contributed by atoms with E-state index < -0.39 is 0 Å². The number of nitrogens with zero attached hydrogens (tertiary/aromatic N) is 3. The molecule has 0 radical (unpaired) electrons. The number of urea groups is 1. The van der Waals surface area contributed by atoms with Crippen molar-refractivity contribution in [3.8, 4) is 0 Å². The summed E-state index contributed by atoms with van der Waals surface area (Å²) in [5, 5.41) is 0. The van der Waals surface area contributed by atoms with Gasteiger partial charge < -0.3 is 9.80 Å². The van der Waals surface area contributed by atoms with E-state index in [1.54, 1.807) is 0 Å². The largest absolute Gasteiger partial charge is 0.324 e. The van der Waals surface area contributed by atoms with Gasteiger partial charge in [-0.05, 0) is 58.7 Å². The molecule has 4 nitrogen and oxygen atoms in total. The summed E-state index contributed by atoms with van der Waals surface area (Å²) >= 11 is 0. The predicted octanol–water partition coefficient (Wildman–Crippen LogP) is 3.72. The van der Waals surface area contributed by atoms with Gasteiger partial charge in [0.1, 0.15) is 0 Å². The average Bonchev–Trinajstić information content (AvgIpc) is 2.48. The van der Waals surface area contributed by atoms with Crippen LogP contribution in [0.15, 0.2) is 23.8 Å². The second-order valence-electron chi connectivity index (χ2n) is 6.16. The number of likely N-dealkylation sites (tertiary alicyclic amines) is 1. The van der Waals surface area contributed by atoms with E-state index >= 15 is 0 Å². The van der Waals surface area contributed by atoms with Crippen molar-refractivity contribution in [1.82, 2.24) is 14.8 Å². The number of carbonyl (C=O) groups excluding carboxylic acids is 1. The molecular formula is C18H27N3O. The highest BCUT2D eigenvalue weighted by atomic mass is 16.2. The van der Waals surface area contributed by atoms with Crippen molar-refractivity contribution in [2.75, 3.05) is 19.6 Å². The SMILES string of the molecule is CCN(C(=O)N1CCC(=Cc2cccc(C)n2)CC1)C(C)C. The Labute approximate surface area is 133 Å². The molecular weight excluding hydrogens is 274 g/mol. The molecule has 120 valence electrons. The lowest BCUT2D eigenvalue weighted by Gasteiger charge is -2.35. The number of rotatable bonds is 3. The molecule has 1 saturated heterocycles. The maximum atomic E-state index is 12.5. The molecule has 0 bridgehead atoms. The maximum absolute atomic E-state index is 12.5. The third kappa shape index (κ3) is 4.09. The van der Waals surface area contributed by atoms with E-state index in [-0.39, 0.29) is 12.1 Å². The minimum atomic E-state index is 0.172. The topological polar surface area (TPSA) is 36.4 Å². The van der Waals surface area contributed by atoms with E-state index in [1.807, 2.05) is 41.8 Å². The van der Waals surface area contributed by atoms with E-state index in [1.165, 1.54) is 5.57 Å². The molecule has 1 aliphatic rings. The Morgan fingerprint density at radius 2 is 2.05 bits per heavy atom. The molecule has 2 rings (SSSR count). The zero-order valence-corrected chi connectivity index (χ0v) is 14.2. The molecule has 0 N–H and O–H groups in total. The average molecular weight is 301 g/mol. The number of piperidine rings is 1. The quantitative estimate of drug-likeness (QED) is 0.853. The zero-order chi connectivity index (χ0) is 16.1. The molecule has 0 unspecified atom stereocenters. The van der Waals surface area contributed by atoms with Gasteiger partial charge in [0.2, 0.25) is 0 Å². The number of carbonyl (C=O) groups is 1. The van der Waals surface area contributed by atoms with Crippen LogP contribution in [0.1, 0.15) is 45.0 Å². The number of hydrogen-bond donors (Lipinski definition) is 0. The number of pyridine rings is 1. The monoisotopic (exact) mass is 301 g/mol. The zero-order valence-electron chi connectivity index (χ0n) is 14.2. The highest BCUT2D eigenvalue weighted by Crippen LogP contribution is 2.20. The number of hydrogen-bond acceptors (Lipinski definition) is 2. The van der Waals surface area contributed by atoms with Crippen molar-refractivity contribution in [3.63, 3.8) is 0 Å². The van der Waals surface area contributed by atoms with Crippen LogP contribution in [0, 0.1) is 6.92 Å². The highest BCUT2D eigenvalue weighted by Gasteiger charge is 2.24. The van der Waals surface area contributed by atoms with Crippen LogP contribution in [0.25, 0.3) is 6.08 Å². The van der Waals surface area contributed by atoms with Gasteiger partial charge in [-0.1, -0.05) is 11.6 Å². The molecule has 0 aromatic carbocycles. The Balaban J connectivity index is 1.97. The smallest absolute Gasteiger partial charge is 0.320 e. The number of aromatic nitrogens is 1. The van der Waals surface area contributed by atoms with Gasteiger partial charge in [-0.2, -0.15) is 0 Å². The fraction of sp³-hybridized carbons (Fsp3) is 0.556. The van der Waals surface area contributed by atoms with Gasteiger partial charge >= 0.3 is 6.03 Å². The summed E-state index contributed by atoms with van der Waals surface area (Å²) in [6, 6.07) is 6.51. The van der Waals surface area contributed by atoms with E-state index in [4.69, 9.17) is 0 Å². The number of amides is 2. The summed E-state index contributed by atoms with van der Waals surface area (Å²) in [7, 11) is 0. The van der Waals surface area contributed by atoms with Crippen molar-refractivity contribution in [2.45, 2.75) is 46.6 Å². The molecule has 1 aromatic rings. The maximum Gasteiger partial charge on any atom is 0.320 e. The molecule has 22 heavy (non-hydrogen) atoms. The predicted molar refractivity (Wildman–Crippen MR) is 90.7 cm³/mol. The Morgan fingerprint density at radius 3 is 2.59 bits per heavy atom. The summed E-state index contributed by atoms with van der Waals surface area (Å²) < 4.78 is 0. The van der Waals surface area contributed by atoms with Crippen LogP contribution in [0.2, 0.25) is 0 Å². The van der Waals surface area contributed by atoms with Crippen LogP contribution < -0.4 is 0 Å². The van der Waals surface area contributed by atoms with Gasteiger partial charge in [-0.25, -0.2) is 4.79 Å². The standard InChI is InChI=1S/C18H27N3O/c1-5-21(14(2)3)18(22)20-11-9-16(10-12-20)13-17-8-6-7-15(4)19-17/h6-8,13-14H,5,9-12H2,1-4H3. The normalized spacial score (nSPS) is 15.1. The summed E-state index contributed by atoms with van der Waals surface area (Å²) in [4.78, 5) is 20.9. The third-order valence-electron chi connectivity index (χ3n) is 4.15. The minimum Gasteiger partial charge on any atom is -0.324 e. The Bertz CT molecular complexity index is 541. The second kappa shape index (κ2) is 7.43. The van der Waals surface area contributed by atoms with Gasteiger partial charge in [0.15, 0.2) is 0 Å². The van der Waals surface area contributed by atoms with Crippen molar-refractivity contribution in [1.29, 1.82) is 0 Å². The van der Waals surface area contributed by atoms with Crippen LogP contribution in [-0.2, 0) is 0 Å². The minimum absolute atomic E-state index is 0.172. The van der Waals surface area contributed by atoms with Crippen LogP contribution >= 0.6 is 0 Å². The fourth-order valence-electron chi connectivity index (χ4n) is 2.89. The van der Waals surface area contributed by atoms with Gasteiger partial charge in [-0.15, -0.1) is 0 Å².